The molecule has 10 heteroatoms. The van der Waals surface area contributed by atoms with E-state index in [0.717, 1.165) is 6.26 Å². The Labute approximate surface area is 137 Å². The van der Waals surface area contributed by atoms with Crippen LogP contribution in [0.1, 0.15) is 39.5 Å². The van der Waals surface area contributed by atoms with Crippen molar-refractivity contribution in [2.45, 2.75) is 50.3 Å². The molecule has 0 aliphatic carbocycles. The van der Waals surface area contributed by atoms with Crippen molar-refractivity contribution >= 4 is 31.4 Å². The second kappa shape index (κ2) is 8.20. The second-order valence-corrected chi connectivity index (χ2v) is 10.3. The van der Waals surface area contributed by atoms with Gasteiger partial charge in [-0.1, -0.05) is 26.7 Å². The Kier molecular flexibility index (Phi) is 7.85. The fourth-order valence-electron chi connectivity index (χ4n) is 2.24. The highest BCUT2D eigenvalue weighted by Gasteiger charge is 2.46. The molecule has 0 rings (SSSR count). The summed E-state index contributed by atoms with van der Waals surface area (Å²) in [5, 5.41) is -0.745. The van der Waals surface area contributed by atoms with Crippen LogP contribution in [0.5, 0.6) is 0 Å². The normalized spacial score (nSPS) is 15.3. The molecule has 0 saturated carbocycles. The zero-order chi connectivity index (χ0) is 18.5. The van der Waals surface area contributed by atoms with Crippen LogP contribution in [0, 0.1) is 0 Å². The molecule has 136 valence electrons. The van der Waals surface area contributed by atoms with Gasteiger partial charge in [-0.2, -0.15) is 0 Å². The molecule has 0 unspecified atom stereocenters. The zero-order valence-electron chi connectivity index (χ0n) is 13.7. The number of carbonyl (C=O) groups is 2. The number of hydrogen-bond acceptors (Lipinski definition) is 7. The molecule has 0 aromatic carbocycles. The lowest BCUT2D eigenvalue weighted by Crippen LogP contribution is -2.64. The maximum atomic E-state index is 12.5. The summed E-state index contributed by atoms with van der Waals surface area (Å²) < 4.78 is 47.5. The molecule has 0 bridgehead atoms. The number of ketones is 1. The molecule has 8 nitrogen and oxygen atoms in total. The van der Waals surface area contributed by atoms with Gasteiger partial charge in [-0.3, -0.25) is 9.59 Å². The largest absolute Gasteiger partial charge is 0.368 e. The summed E-state index contributed by atoms with van der Waals surface area (Å²) in [6.45, 7) is 3.63. The molecule has 0 fully saturated rings. The van der Waals surface area contributed by atoms with E-state index in [9.17, 15) is 26.4 Å². The summed E-state index contributed by atoms with van der Waals surface area (Å²) in [6, 6.07) is 0. The molecule has 1 atom stereocenters. The molecule has 23 heavy (non-hydrogen) atoms. The summed E-state index contributed by atoms with van der Waals surface area (Å²) in [7, 11) is -7.66. The molecule has 0 spiro atoms. The number of hydrogen-bond donors (Lipinski definition) is 2. The van der Waals surface area contributed by atoms with E-state index in [1.807, 2.05) is 13.8 Å². The first-order valence-electron chi connectivity index (χ1n) is 7.31. The minimum Gasteiger partial charge on any atom is -0.368 e. The van der Waals surface area contributed by atoms with E-state index in [4.69, 9.17) is 11.5 Å². The molecule has 0 aliphatic rings. The van der Waals surface area contributed by atoms with Crippen LogP contribution in [0.3, 0.4) is 0 Å². The topological polar surface area (TPSA) is 154 Å². The predicted octanol–water partition coefficient (Wildman–Crippen LogP) is -0.833. The van der Waals surface area contributed by atoms with Gasteiger partial charge in [-0.15, -0.1) is 0 Å². The third-order valence-electron chi connectivity index (χ3n) is 3.49. The number of primary amides is 1. The van der Waals surface area contributed by atoms with E-state index in [-0.39, 0.29) is 0 Å². The second-order valence-electron chi connectivity index (χ2n) is 5.84. The molecular weight excluding hydrogens is 344 g/mol. The average molecular weight is 370 g/mol. The highest BCUT2D eigenvalue weighted by Crippen LogP contribution is 2.20. The number of amides is 1. The van der Waals surface area contributed by atoms with Gasteiger partial charge in [0, 0.05) is 6.26 Å². The minimum atomic E-state index is -3.89. The Bertz CT molecular complexity index is 635. The first-order chi connectivity index (χ1) is 10.3. The Morgan fingerprint density at radius 2 is 1.48 bits per heavy atom. The van der Waals surface area contributed by atoms with E-state index in [2.05, 4.69) is 0 Å². The van der Waals surface area contributed by atoms with Crippen LogP contribution in [0.2, 0.25) is 0 Å². The summed E-state index contributed by atoms with van der Waals surface area (Å²) >= 11 is 0. The van der Waals surface area contributed by atoms with Gasteiger partial charge in [0.15, 0.2) is 31.0 Å². The van der Waals surface area contributed by atoms with Gasteiger partial charge in [-0.05, 0) is 12.8 Å². The zero-order valence-corrected chi connectivity index (χ0v) is 15.4. The van der Waals surface area contributed by atoms with Crippen molar-refractivity contribution in [2.75, 3.05) is 17.8 Å². The monoisotopic (exact) mass is 370 g/mol. The van der Waals surface area contributed by atoms with E-state index in [1.165, 1.54) is 0 Å². The number of nitrogens with two attached hydrogens (primary N) is 2. The van der Waals surface area contributed by atoms with Crippen molar-refractivity contribution in [3.8, 4) is 0 Å². The lowest BCUT2D eigenvalue weighted by atomic mass is 9.98. The fraction of sp³-hybridized carbons (Fsp3) is 0.846. The Morgan fingerprint density at radius 3 is 1.78 bits per heavy atom. The van der Waals surface area contributed by atoms with Crippen molar-refractivity contribution in [3.05, 3.63) is 0 Å². The fourth-order valence-corrected chi connectivity index (χ4v) is 5.34. The van der Waals surface area contributed by atoms with Crippen LogP contribution in [-0.4, -0.2) is 57.1 Å². The van der Waals surface area contributed by atoms with Crippen LogP contribution >= 0.6 is 0 Å². The number of carbonyl (C=O) groups excluding carboxylic acids is 2. The van der Waals surface area contributed by atoms with E-state index < -0.39 is 53.7 Å². The van der Waals surface area contributed by atoms with Crippen molar-refractivity contribution in [3.63, 3.8) is 0 Å². The maximum Gasteiger partial charge on any atom is 0.246 e. The van der Waals surface area contributed by atoms with Crippen LogP contribution in [0.4, 0.5) is 0 Å². The van der Waals surface area contributed by atoms with Crippen LogP contribution in [0.25, 0.3) is 0 Å². The summed E-state index contributed by atoms with van der Waals surface area (Å²) in [6.07, 6.45) is 2.74. The third-order valence-corrected chi connectivity index (χ3v) is 6.62. The van der Waals surface area contributed by atoms with Crippen molar-refractivity contribution in [1.82, 2.24) is 0 Å². The number of rotatable bonds is 11. The van der Waals surface area contributed by atoms with Crippen molar-refractivity contribution in [1.29, 1.82) is 0 Å². The van der Waals surface area contributed by atoms with Gasteiger partial charge in [0.1, 0.15) is 5.75 Å². The highest BCUT2D eigenvalue weighted by atomic mass is 32.2. The Morgan fingerprint density at radius 1 is 1.04 bits per heavy atom. The average Bonchev–Trinajstić information content (AvgIpc) is 2.35. The lowest BCUT2D eigenvalue weighted by molar-refractivity contribution is -0.131. The molecule has 0 aliphatic heterocycles. The van der Waals surface area contributed by atoms with Crippen LogP contribution in [-0.2, 0) is 29.3 Å². The van der Waals surface area contributed by atoms with E-state index in [1.54, 1.807) is 0 Å². The molecule has 1 amide bonds. The van der Waals surface area contributed by atoms with Gasteiger partial charge in [0.05, 0.1) is 11.0 Å². The smallest absolute Gasteiger partial charge is 0.246 e. The minimum absolute atomic E-state index is 0.366. The van der Waals surface area contributed by atoms with E-state index in [0.29, 0.717) is 25.7 Å². The quantitative estimate of drug-likeness (QED) is 0.450. The number of sulfone groups is 2. The highest BCUT2D eigenvalue weighted by molar-refractivity contribution is 7.92. The van der Waals surface area contributed by atoms with Gasteiger partial charge in [0.25, 0.3) is 0 Å². The maximum absolute atomic E-state index is 12.5. The molecular formula is C13H26N2O6S2. The van der Waals surface area contributed by atoms with Gasteiger partial charge >= 0.3 is 0 Å². The summed E-state index contributed by atoms with van der Waals surface area (Å²) in [5.74, 6) is -4.56. The van der Waals surface area contributed by atoms with Crippen LogP contribution < -0.4 is 11.5 Å². The molecule has 0 heterocycles. The van der Waals surface area contributed by atoms with E-state index >= 15 is 0 Å². The van der Waals surface area contributed by atoms with Gasteiger partial charge in [-0.25, -0.2) is 16.8 Å². The molecule has 0 radical (unpaired) electrons. The molecule has 0 saturated heterocycles. The Balaban J connectivity index is 5.64. The van der Waals surface area contributed by atoms with Crippen molar-refractivity contribution < 1.29 is 26.4 Å². The molecule has 0 aromatic rings. The van der Waals surface area contributed by atoms with Gasteiger partial charge in [0.2, 0.25) is 5.91 Å². The SMILES string of the molecule is CCCC(CCC)S(=O)(=O)C[C@](N)(C(N)=O)C(=O)CS(C)(=O)=O. The number of Topliss-reactive ketones (excluding diaryl/α,β-unsaturated/α-hetero) is 1. The predicted molar refractivity (Wildman–Crippen MR) is 88.2 cm³/mol. The molecule has 0 aromatic heterocycles. The summed E-state index contributed by atoms with van der Waals surface area (Å²) in [5.41, 5.74) is 8.20. The van der Waals surface area contributed by atoms with Gasteiger partial charge < -0.3 is 11.5 Å². The Hall–Kier alpha value is -1.00. The first-order valence-corrected chi connectivity index (χ1v) is 11.1. The third kappa shape index (κ3) is 6.56. The standard InChI is InChI=1S/C13H26N2O6S2/c1-4-6-10(7-5-2)23(20,21)9-13(15,12(14)17)11(16)8-22(3,18)19/h10H,4-9,15H2,1-3H3,(H2,14,17)/t13-/m1/s1. The van der Waals surface area contributed by atoms with Crippen molar-refractivity contribution in [2.24, 2.45) is 11.5 Å². The molecule has 4 N–H and O–H groups in total. The van der Waals surface area contributed by atoms with Crippen LogP contribution in [0.15, 0.2) is 0 Å². The first kappa shape index (κ1) is 22.0. The summed E-state index contributed by atoms with van der Waals surface area (Å²) in [4.78, 5) is 23.7. The lowest BCUT2D eigenvalue weighted by Gasteiger charge is -2.26.